The van der Waals surface area contributed by atoms with Crippen molar-refractivity contribution in [2.45, 2.75) is 199 Å². The van der Waals surface area contributed by atoms with Gasteiger partial charge < -0.3 is 15.2 Å². The van der Waals surface area contributed by atoms with Crippen molar-refractivity contribution < 1.29 is 14.6 Å². The Balaban J connectivity index is 3.73. The fourth-order valence-electron chi connectivity index (χ4n) is 5.46. The van der Waals surface area contributed by atoms with Crippen LogP contribution in [0, 0.1) is 0 Å². The summed E-state index contributed by atoms with van der Waals surface area (Å²) in [4.78, 5) is 12.4. The van der Waals surface area contributed by atoms with Crippen LogP contribution in [-0.2, 0) is 9.53 Å². The highest BCUT2D eigenvalue weighted by Crippen LogP contribution is 2.14. The van der Waals surface area contributed by atoms with Crippen molar-refractivity contribution in [2.75, 3.05) is 13.7 Å². The number of aliphatic hydroxyl groups is 1. The summed E-state index contributed by atoms with van der Waals surface area (Å²) < 4.78 is 5.26. The van der Waals surface area contributed by atoms with Crippen molar-refractivity contribution in [1.82, 2.24) is 5.32 Å². The second kappa shape index (κ2) is 32.6. The molecule has 0 aromatic heterocycles. The average Bonchev–Trinajstić information content (AvgIpc) is 2.95. The number of ether oxygens (including phenoxy) is 1. The SMILES string of the molecule is CCCCCCCCCCCCC/C=C/C(O)C(COC)NC(=O)CCCCCCCCCCCCCCCC. The van der Waals surface area contributed by atoms with E-state index in [4.69, 9.17) is 4.74 Å². The van der Waals surface area contributed by atoms with Gasteiger partial charge in [0.1, 0.15) is 0 Å². The highest BCUT2D eigenvalue weighted by Gasteiger charge is 2.18. The number of carbonyl (C=O) groups excluding carboxylic acids is 1. The van der Waals surface area contributed by atoms with Gasteiger partial charge in [0.05, 0.1) is 18.8 Å². The molecule has 2 unspecified atom stereocenters. The monoisotopic (exact) mass is 566 g/mol. The number of carbonyl (C=O) groups is 1. The van der Waals surface area contributed by atoms with Crippen LogP contribution < -0.4 is 5.32 Å². The van der Waals surface area contributed by atoms with Crippen LogP contribution in [0.2, 0.25) is 0 Å². The van der Waals surface area contributed by atoms with Crippen molar-refractivity contribution in [3.8, 4) is 0 Å². The molecule has 0 rings (SSSR count). The number of rotatable bonds is 32. The van der Waals surface area contributed by atoms with Gasteiger partial charge in [0.25, 0.3) is 0 Å². The zero-order valence-electron chi connectivity index (χ0n) is 27.4. The lowest BCUT2D eigenvalue weighted by Gasteiger charge is -2.21. The number of unbranched alkanes of at least 4 members (excludes halogenated alkanes) is 24. The minimum absolute atomic E-state index is 0.0267. The Morgan fingerprint density at radius 2 is 1.00 bits per heavy atom. The number of aliphatic hydroxyl groups excluding tert-OH is 1. The molecule has 0 spiro atoms. The van der Waals surface area contributed by atoms with Crippen LogP contribution in [0.15, 0.2) is 12.2 Å². The number of hydrogen-bond acceptors (Lipinski definition) is 3. The number of amides is 1. The smallest absolute Gasteiger partial charge is 0.220 e. The van der Waals surface area contributed by atoms with E-state index in [0.29, 0.717) is 13.0 Å². The predicted molar refractivity (Wildman–Crippen MR) is 175 cm³/mol. The van der Waals surface area contributed by atoms with Crippen LogP contribution in [0.25, 0.3) is 0 Å². The molecule has 0 aliphatic heterocycles. The lowest BCUT2D eigenvalue weighted by atomic mass is 10.0. The molecule has 0 radical (unpaired) electrons. The van der Waals surface area contributed by atoms with Gasteiger partial charge in [0.2, 0.25) is 5.91 Å². The van der Waals surface area contributed by atoms with E-state index in [1.165, 1.54) is 148 Å². The van der Waals surface area contributed by atoms with Crippen LogP contribution in [0.5, 0.6) is 0 Å². The molecule has 0 aliphatic carbocycles. The maximum absolute atomic E-state index is 12.4. The first-order valence-electron chi connectivity index (χ1n) is 17.8. The Hall–Kier alpha value is -0.870. The third-order valence-corrected chi connectivity index (χ3v) is 8.17. The standard InChI is InChI=1S/C36H71NO3/c1-4-6-8-10-12-14-16-18-20-22-24-26-28-30-32-36(39)37-34(33-40-3)35(38)31-29-27-25-23-21-19-17-15-13-11-9-7-5-2/h29,31,34-35,38H,4-28,30,32-33H2,1-3H3,(H,37,39)/b31-29+. The van der Waals surface area contributed by atoms with Gasteiger partial charge in [0, 0.05) is 13.5 Å². The molecule has 1 amide bonds. The molecular weight excluding hydrogens is 494 g/mol. The highest BCUT2D eigenvalue weighted by molar-refractivity contribution is 5.76. The van der Waals surface area contributed by atoms with E-state index in [1.807, 2.05) is 6.08 Å². The highest BCUT2D eigenvalue weighted by atomic mass is 16.5. The maximum atomic E-state index is 12.4. The van der Waals surface area contributed by atoms with Crippen LogP contribution in [0.4, 0.5) is 0 Å². The maximum Gasteiger partial charge on any atom is 0.220 e. The van der Waals surface area contributed by atoms with Crippen molar-refractivity contribution in [3.63, 3.8) is 0 Å². The van der Waals surface area contributed by atoms with Crippen LogP contribution in [0.1, 0.15) is 187 Å². The summed E-state index contributed by atoms with van der Waals surface area (Å²) >= 11 is 0. The fourth-order valence-corrected chi connectivity index (χ4v) is 5.46. The Morgan fingerprint density at radius 1 is 0.625 bits per heavy atom. The molecule has 4 heteroatoms. The van der Waals surface area contributed by atoms with Crippen LogP contribution in [0.3, 0.4) is 0 Å². The van der Waals surface area contributed by atoms with E-state index in [-0.39, 0.29) is 11.9 Å². The first kappa shape index (κ1) is 39.1. The Kier molecular flexibility index (Phi) is 31.9. The van der Waals surface area contributed by atoms with E-state index in [0.717, 1.165) is 19.3 Å². The molecule has 2 N–H and O–H groups in total. The van der Waals surface area contributed by atoms with E-state index >= 15 is 0 Å². The van der Waals surface area contributed by atoms with Crippen molar-refractivity contribution >= 4 is 5.91 Å². The largest absolute Gasteiger partial charge is 0.387 e. The number of nitrogens with one attached hydrogen (secondary N) is 1. The minimum atomic E-state index is -0.701. The van der Waals surface area contributed by atoms with E-state index in [2.05, 4.69) is 25.2 Å². The summed E-state index contributed by atoms with van der Waals surface area (Å²) in [6, 6.07) is -0.377. The van der Waals surface area contributed by atoms with Crippen LogP contribution >= 0.6 is 0 Å². The number of hydrogen-bond donors (Lipinski definition) is 2. The van der Waals surface area contributed by atoms with E-state index < -0.39 is 6.10 Å². The van der Waals surface area contributed by atoms with Crippen molar-refractivity contribution in [1.29, 1.82) is 0 Å². The van der Waals surface area contributed by atoms with Gasteiger partial charge in [-0.05, 0) is 19.3 Å². The number of methoxy groups -OCH3 is 1. The molecule has 0 saturated carbocycles. The van der Waals surface area contributed by atoms with Gasteiger partial charge in [-0.2, -0.15) is 0 Å². The molecular formula is C36H71NO3. The molecule has 2 atom stereocenters. The zero-order chi connectivity index (χ0) is 29.4. The second-order valence-corrected chi connectivity index (χ2v) is 12.2. The molecule has 0 aromatic carbocycles. The van der Waals surface area contributed by atoms with E-state index in [9.17, 15) is 9.90 Å². The number of allylic oxidation sites excluding steroid dienone is 1. The third-order valence-electron chi connectivity index (χ3n) is 8.17. The van der Waals surface area contributed by atoms with E-state index in [1.54, 1.807) is 7.11 Å². The lowest BCUT2D eigenvalue weighted by molar-refractivity contribution is -0.123. The summed E-state index contributed by atoms with van der Waals surface area (Å²) in [7, 11) is 1.62. The molecule has 40 heavy (non-hydrogen) atoms. The van der Waals surface area contributed by atoms with Gasteiger partial charge >= 0.3 is 0 Å². The van der Waals surface area contributed by atoms with Crippen LogP contribution in [-0.4, -0.2) is 36.9 Å². The first-order chi connectivity index (χ1) is 19.7. The van der Waals surface area contributed by atoms with Gasteiger partial charge in [0.15, 0.2) is 0 Å². The predicted octanol–water partition coefficient (Wildman–Crippen LogP) is 10.6. The van der Waals surface area contributed by atoms with Gasteiger partial charge in [-0.1, -0.05) is 174 Å². The summed E-state index contributed by atoms with van der Waals surface area (Å²) in [5.74, 6) is 0.0267. The molecule has 0 fully saturated rings. The molecule has 0 saturated heterocycles. The Morgan fingerprint density at radius 3 is 1.40 bits per heavy atom. The molecule has 238 valence electrons. The topological polar surface area (TPSA) is 58.6 Å². The quantitative estimate of drug-likeness (QED) is 0.0630. The molecule has 0 bridgehead atoms. The third kappa shape index (κ3) is 28.7. The minimum Gasteiger partial charge on any atom is -0.387 e. The lowest BCUT2D eigenvalue weighted by Crippen LogP contribution is -2.45. The first-order valence-corrected chi connectivity index (χ1v) is 17.8. The van der Waals surface area contributed by atoms with Crippen molar-refractivity contribution in [2.24, 2.45) is 0 Å². The van der Waals surface area contributed by atoms with Crippen molar-refractivity contribution in [3.05, 3.63) is 12.2 Å². The molecule has 0 aliphatic rings. The summed E-state index contributed by atoms with van der Waals surface area (Å²) in [6.45, 7) is 4.88. The fraction of sp³-hybridized carbons (Fsp3) is 0.917. The Labute approximate surface area is 250 Å². The molecule has 4 nitrogen and oxygen atoms in total. The van der Waals surface area contributed by atoms with Gasteiger partial charge in [-0.3, -0.25) is 4.79 Å². The second-order valence-electron chi connectivity index (χ2n) is 12.2. The summed E-state index contributed by atoms with van der Waals surface area (Å²) in [5.41, 5.74) is 0. The van der Waals surface area contributed by atoms with Gasteiger partial charge in [-0.25, -0.2) is 0 Å². The summed E-state index contributed by atoms with van der Waals surface area (Å²) in [5, 5.41) is 13.6. The normalized spacial score (nSPS) is 13.2. The molecule has 0 aromatic rings. The Bertz CT molecular complexity index is 536. The average molecular weight is 566 g/mol. The zero-order valence-corrected chi connectivity index (χ0v) is 27.4. The summed E-state index contributed by atoms with van der Waals surface area (Å²) in [6.07, 6.45) is 37.9. The molecule has 0 heterocycles. The van der Waals surface area contributed by atoms with Gasteiger partial charge in [-0.15, -0.1) is 0 Å².